The number of ether oxygens (including phenoxy) is 2. The van der Waals surface area contributed by atoms with Crippen molar-refractivity contribution in [2.45, 2.75) is 44.4 Å². The van der Waals surface area contributed by atoms with Gasteiger partial charge in [-0.3, -0.25) is 4.79 Å². The zero-order chi connectivity index (χ0) is 16.7. The van der Waals surface area contributed by atoms with E-state index in [0.29, 0.717) is 13.2 Å². The van der Waals surface area contributed by atoms with Crippen LogP contribution in [0.1, 0.15) is 41.1 Å². The molecule has 2 fully saturated rings. The van der Waals surface area contributed by atoms with Crippen LogP contribution in [0.2, 0.25) is 0 Å². The molecular weight excluding hydrogens is 304 g/mol. The topological polar surface area (TPSA) is 50.8 Å². The van der Waals surface area contributed by atoms with Crippen molar-refractivity contribution in [2.24, 2.45) is 0 Å². The summed E-state index contributed by atoms with van der Waals surface area (Å²) in [7, 11) is 1.65. The number of morpholine rings is 1. The molecule has 1 aromatic carbocycles. The number of hydrogen-bond acceptors (Lipinski definition) is 4. The number of hydrogen-bond donors (Lipinski definition) is 1. The smallest absolute Gasteiger partial charge is 0.255 e. The van der Waals surface area contributed by atoms with Crippen molar-refractivity contribution in [1.82, 2.24) is 10.2 Å². The Morgan fingerprint density at radius 2 is 2.25 bits per heavy atom. The van der Waals surface area contributed by atoms with Crippen molar-refractivity contribution >= 4 is 5.91 Å². The molecule has 0 aromatic heterocycles. The lowest BCUT2D eigenvalue weighted by Gasteiger charge is -2.35. The lowest BCUT2D eigenvalue weighted by Crippen LogP contribution is -2.45. The van der Waals surface area contributed by atoms with Gasteiger partial charge in [0.15, 0.2) is 0 Å². The molecule has 0 bridgehead atoms. The zero-order valence-electron chi connectivity index (χ0n) is 14.6. The third kappa shape index (κ3) is 2.75. The van der Waals surface area contributed by atoms with Gasteiger partial charge in [0, 0.05) is 26.7 Å². The van der Waals surface area contributed by atoms with Crippen molar-refractivity contribution in [3.8, 4) is 0 Å². The second-order valence-electron chi connectivity index (χ2n) is 7.25. The molecule has 1 saturated carbocycles. The first kappa shape index (κ1) is 16.1. The zero-order valence-corrected chi connectivity index (χ0v) is 14.6. The fourth-order valence-electron chi connectivity index (χ4n) is 4.02. The average molecular weight is 330 g/mol. The molecule has 4 rings (SSSR count). The van der Waals surface area contributed by atoms with Crippen LogP contribution in [0, 0.1) is 6.92 Å². The van der Waals surface area contributed by atoms with Gasteiger partial charge in [0.25, 0.3) is 5.91 Å². The number of carbonyl (C=O) groups excluding carboxylic acids is 1. The maximum absolute atomic E-state index is 12.8. The number of rotatable bonds is 3. The summed E-state index contributed by atoms with van der Waals surface area (Å²) in [4.78, 5) is 14.8. The van der Waals surface area contributed by atoms with E-state index >= 15 is 0 Å². The van der Waals surface area contributed by atoms with Crippen LogP contribution in [0.15, 0.2) is 12.1 Å². The molecule has 0 radical (unpaired) electrons. The first-order valence-corrected chi connectivity index (χ1v) is 8.91. The first-order valence-electron chi connectivity index (χ1n) is 8.91. The number of methoxy groups -OCH3 is 1. The van der Waals surface area contributed by atoms with Crippen LogP contribution in [0.3, 0.4) is 0 Å². The number of carbonyl (C=O) groups is 1. The Bertz CT molecular complexity index is 648. The summed E-state index contributed by atoms with van der Waals surface area (Å²) in [6, 6.07) is 4.75. The number of fused-ring (bicyclic) bond motifs is 1. The number of nitrogens with one attached hydrogen (secondary N) is 1. The normalized spacial score (nSPS) is 25.2. The van der Waals surface area contributed by atoms with E-state index in [-0.39, 0.29) is 11.9 Å². The second kappa shape index (κ2) is 6.14. The van der Waals surface area contributed by atoms with Crippen molar-refractivity contribution < 1.29 is 14.3 Å². The molecule has 130 valence electrons. The van der Waals surface area contributed by atoms with Crippen LogP contribution >= 0.6 is 0 Å². The molecule has 2 heterocycles. The van der Waals surface area contributed by atoms with E-state index in [1.807, 2.05) is 4.90 Å². The van der Waals surface area contributed by atoms with E-state index in [1.165, 1.54) is 22.3 Å². The maximum Gasteiger partial charge on any atom is 0.255 e. The largest absolute Gasteiger partial charge is 0.378 e. The van der Waals surface area contributed by atoms with Crippen LogP contribution < -0.4 is 5.32 Å². The molecule has 5 nitrogen and oxygen atoms in total. The van der Waals surface area contributed by atoms with Crippen molar-refractivity contribution in [3.63, 3.8) is 0 Å². The summed E-state index contributed by atoms with van der Waals surface area (Å²) >= 11 is 0. The van der Waals surface area contributed by atoms with Gasteiger partial charge in [0.2, 0.25) is 0 Å². The van der Waals surface area contributed by atoms with Crippen LogP contribution in [-0.4, -0.2) is 49.8 Å². The number of amides is 1. The van der Waals surface area contributed by atoms with Gasteiger partial charge in [-0.25, -0.2) is 0 Å². The predicted molar refractivity (Wildman–Crippen MR) is 90.8 cm³/mol. The highest BCUT2D eigenvalue weighted by Gasteiger charge is 2.52. The summed E-state index contributed by atoms with van der Waals surface area (Å²) in [6.07, 6.45) is 2.62. The predicted octanol–water partition coefficient (Wildman–Crippen LogP) is 1.72. The number of benzene rings is 1. The molecule has 1 N–H and O–H groups in total. The maximum atomic E-state index is 12.8. The van der Waals surface area contributed by atoms with E-state index < -0.39 is 5.60 Å². The minimum absolute atomic E-state index is 0.162. The fourth-order valence-corrected chi connectivity index (χ4v) is 4.02. The van der Waals surface area contributed by atoms with Gasteiger partial charge < -0.3 is 19.7 Å². The summed E-state index contributed by atoms with van der Waals surface area (Å²) in [6.45, 7) is 5.97. The Morgan fingerprint density at radius 1 is 1.42 bits per heavy atom. The lowest BCUT2D eigenvalue weighted by atomic mass is 9.89. The Morgan fingerprint density at radius 3 is 2.92 bits per heavy atom. The third-order valence-corrected chi connectivity index (χ3v) is 5.59. The Kier molecular flexibility index (Phi) is 4.11. The van der Waals surface area contributed by atoms with Crippen LogP contribution in [0.25, 0.3) is 0 Å². The van der Waals surface area contributed by atoms with Crippen LogP contribution in [0.5, 0.6) is 0 Å². The number of aryl methyl sites for hydroxylation is 1. The highest BCUT2D eigenvalue weighted by molar-refractivity contribution is 5.88. The minimum atomic E-state index is -0.533. The molecule has 0 spiro atoms. The minimum Gasteiger partial charge on any atom is -0.378 e. The molecule has 5 heteroatoms. The summed E-state index contributed by atoms with van der Waals surface area (Å²) in [5.74, 6) is 0.162. The van der Waals surface area contributed by atoms with E-state index in [2.05, 4.69) is 24.4 Å². The van der Waals surface area contributed by atoms with Crippen molar-refractivity contribution in [3.05, 3.63) is 34.4 Å². The van der Waals surface area contributed by atoms with Gasteiger partial charge in [0.1, 0.15) is 5.60 Å². The Labute approximate surface area is 143 Å². The van der Waals surface area contributed by atoms with Crippen molar-refractivity contribution in [1.29, 1.82) is 0 Å². The van der Waals surface area contributed by atoms with Gasteiger partial charge in [-0.15, -0.1) is 0 Å². The quantitative estimate of drug-likeness (QED) is 0.917. The summed E-state index contributed by atoms with van der Waals surface area (Å²) in [5, 5.41) is 3.56. The highest BCUT2D eigenvalue weighted by atomic mass is 16.5. The SMILES string of the molecule is COC1(C(=O)N2CCc3cc(C)cc([C@@H]4COCCN4)c3C2)CC1. The van der Waals surface area contributed by atoms with Gasteiger partial charge in [0.05, 0.1) is 19.3 Å². The second-order valence-corrected chi connectivity index (χ2v) is 7.25. The molecule has 24 heavy (non-hydrogen) atoms. The van der Waals surface area contributed by atoms with Crippen LogP contribution in [0.4, 0.5) is 0 Å². The monoisotopic (exact) mass is 330 g/mol. The molecule has 1 amide bonds. The highest BCUT2D eigenvalue weighted by Crippen LogP contribution is 2.42. The van der Waals surface area contributed by atoms with Crippen LogP contribution in [-0.2, 0) is 27.2 Å². The average Bonchev–Trinajstić information content (AvgIpc) is 3.42. The standard InChI is InChI=1S/C19H26N2O3/c1-13-9-14-3-7-21(18(22)19(23-2)4-5-19)11-16(14)15(10-13)17-12-24-8-6-20-17/h9-10,17,20H,3-8,11-12H2,1-2H3/t17-/m0/s1. The van der Waals surface area contributed by atoms with Gasteiger partial charge >= 0.3 is 0 Å². The molecular formula is C19H26N2O3. The van der Waals surface area contributed by atoms with E-state index in [0.717, 1.165) is 39.0 Å². The van der Waals surface area contributed by atoms with E-state index in [9.17, 15) is 4.79 Å². The summed E-state index contributed by atoms with van der Waals surface area (Å²) in [5.41, 5.74) is 4.73. The number of nitrogens with zero attached hydrogens (tertiary/aromatic N) is 1. The summed E-state index contributed by atoms with van der Waals surface area (Å²) < 4.78 is 11.2. The van der Waals surface area contributed by atoms with E-state index in [1.54, 1.807) is 7.11 Å². The molecule has 1 aliphatic carbocycles. The Hall–Kier alpha value is -1.43. The van der Waals surface area contributed by atoms with Crippen molar-refractivity contribution in [2.75, 3.05) is 33.4 Å². The first-order chi connectivity index (χ1) is 11.6. The van der Waals surface area contributed by atoms with Gasteiger partial charge in [-0.05, 0) is 42.9 Å². The third-order valence-electron chi connectivity index (χ3n) is 5.59. The fraction of sp³-hybridized carbons (Fsp3) is 0.632. The van der Waals surface area contributed by atoms with E-state index in [4.69, 9.17) is 9.47 Å². The molecule has 0 unspecified atom stereocenters. The Balaban J connectivity index is 1.63. The van der Waals surface area contributed by atoms with Gasteiger partial charge in [-0.1, -0.05) is 17.7 Å². The lowest BCUT2D eigenvalue weighted by molar-refractivity contribution is -0.145. The molecule has 3 aliphatic rings. The molecule has 1 saturated heterocycles. The molecule has 2 aliphatic heterocycles. The molecule has 1 atom stereocenters. The molecule has 1 aromatic rings. The van der Waals surface area contributed by atoms with Gasteiger partial charge in [-0.2, -0.15) is 0 Å².